The fourth-order valence-electron chi connectivity index (χ4n) is 4.87. The van der Waals surface area contributed by atoms with Crippen LogP contribution in [0.2, 0.25) is 0 Å². The molecule has 1 aliphatic heterocycles. The van der Waals surface area contributed by atoms with E-state index in [0.29, 0.717) is 24.8 Å². The smallest absolute Gasteiger partial charge is 0.303 e. The molecule has 1 aromatic heterocycles. The lowest BCUT2D eigenvalue weighted by atomic mass is 9.91. The van der Waals surface area contributed by atoms with Crippen LogP contribution in [0.15, 0.2) is 54.7 Å². The average molecular weight is 461 g/mol. The van der Waals surface area contributed by atoms with E-state index in [1.54, 1.807) is 11.8 Å². The number of ether oxygens (including phenoxy) is 1. The second kappa shape index (κ2) is 10.2. The van der Waals surface area contributed by atoms with E-state index in [-0.39, 0.29) is 18.2 Å². The Labute approximate surface area is 200 Å². The predicted octanol–water partition coefficient (Wildman–Crippen LogP) is 5.51. The number of likely N-dealkylation sites (tertiary alicyclic amines) is 1. The molecular weight excluding hydrogens is 428 g/mol. The van der Waals surface area contributed by atoms with Crippen LogP contribution in [-0.2, 0) is 9.59 Å². The van der Waals surface area contributed by atoms with Gasteiger partial charge in [-0.25, -0.2) is 0 Å². The van der Waals surface area contributed by atoms with Gasteiger partial charge in [-0.3, -0.25) is 14.6 Å². The summed E-state index contributed by atoms with van der Waals surface area (Å²) in [6, 6.07) is 16.2. The van der Waals surface area contributed by atoms with Crippen LogP contribution in [0.4, 0.5) is 0 Å². The Morgan fingerprint density at radius 1 is 1.12 bits per heavy atom. The van der Waals surface area contributed by atoms with Crippen LogP contribution in [-0.4, -0.2) is 46.1 Å². The number of aliphatic carboxylic acids is 1. The predicted molar refractivity (Wildman–Crippen MR) is 133 cm³/mol. The number of aromatic nitrogens is 1. The maximum Gasteiger partial charge on any atom is 0.303 e. The number of fused-ring (bicyclic) bond motifs is 1. The minimum Gasteiger partial charge on any atom is -0.481 e. The Kier molecular flexibility index (Phi) is 7.15. The second-order valence-corrected chi connectivity index (χ2v) is 9.43. The monoisotopic (exact) mass is 460 g/mol. The Morgan fingerprint density at radius 2 is 1.91 bits per heavy atom. The van der Waals surface area contributed by atoms with E-state index >= 15 is 0 Å². The van der Waals surface area contributed by atoms with Crippen LogP contribution < -0.4 is 4.74 Å². The van der Waals surface area contributed by atoms with Crippen LogP contribution in [0.25, 0.3) is 22.0 Å². The minimum atomic E-state index is -0.817. The molecule has 1 aliphatic rings. The quantitative estimate of drug-likeness (QED) is 0.503. The number of pyridine rings is 1. The number of carbonyl (C=O) groups excluding carboxylic acids is 1. The summed E-state index contributed by atoms with van der Waals surface area (Å²) in [6.45, 7) is 7.24. The number of carboxylic acids is 1. The van der Waals surface area contributed by atoms with Crippen molar-refractivity contribution in [2.24, 2.45) is 5.92 Å². The van der Waals surface area contributed by atoms with Crippen LogP contribution in [0.1, 0.15) is 51.5 Å². The summed E-state index contributed by atoms with van der Waals surface area (Å²) >= 11 is 0. The van der Waals surface area contributed by atoms with Crippen molar-refractivity contribution in [3.05, 3.63) is 60.3 Å². The molecule has 0 aliphatic carbocycles. The molecule has 2 heterocycles. The van der Waals surface area contributed by atoms with E-state index in [1.165, 1.54) is 11.1 Å². The molecule has 1 N–H and O–H groups in total. The van der Waals surface area contributed by atoms with E-state index < -0.39 is 12.1 Å². The highest BCUT2D eigenvalue weighted by molar-refractivity contribution is 5.96. The molecule has 0 bridgehead atoms. The van der Waals surface area contributed by atoms with Crippen LogP contribution >= 0.6 is 0 Å². The van der Waals surface area contributed by atoms with Gasteiger partial charge < -0.3 is 14.7 Å². The van der Waals surface area contributed by atoms with Crippen LogP contribution in [0.3, 0.4) is 0 Å². The topological polar surface area (TPSA) is 79.7 Å². The molecule has 1 amide bonds. The van der Waals surface area contributed by atoms with Crippen molar-refractivity contribution in [2.45, 2.75) is 52.1 Å². The number of piperidine rings is 1. The van der Waals surface area contributed by atoms with Gasteiger partial charge in [0.1, 0.15) is 5.75 Å². The van der Waals surface area contributed by atoms with E-state index in [0.717, 1.165) is 29.3 Å². The molecule has 6 heteroatoms. The van der Waals surface area contributed by atoms with Crippen molar-refractivity contribution < 1.29 is 19.4 Å². The van der Waals surface area contributed by atoms with Crippen molar-refractivity contribution in [2.75, 3.05) is 13.1 Å². The first-order valence-electron chi connectivity index (χ1n) is 12.0. The van der Waals surface area contributed by atoms with Gasteiger partial charge in [0, 0.05) is 37.2 Å². The number of carboxylic acid groups (broad SMARTS) is 1. The first kappa shape index (κ1) is 23.7. The third-order valence-electron chi connectivity index (χ3n) is 6.54. The molecule has 3 aromatic rings. The lowest BCUT2D eigenvalue weighted by Gasteiger charge is -2.33. The Morgan fingerprint density at radius 3 is 2.68 bits per heavy atom. The van der Waals surface area contributed by atoms with E-state index in [9.17, 15) is 9.59 Å². The first-order chi connectivity index (χ1) is 16.3. The van der Waals surface area contributed by atoms with Gasteiger partial charge in [-0.2, -0.15) is 0 Å². The number of amides is 1. The Balaban J connectivity index is 1.53. The van der Waals surface area contributed by atoms with Gasteiger partial charge in [-0.1, -0.05) is 38.1 Å². The van der Waals surface area contributed by atoms with Crippen LogP contribution in [0.5, 0.6) is 5.75 Å². The van der Waals surface area contributed by atoms with Crippen molar-refractivity contribution in [3.8, 4) is 16.9 Å². The zero-order valence-corrected chi connectivity index (χ0v) is 20.0. The van der Waals surface area contributed by atoms with Gasteiger partial charge in [0.05, 0.1) is 5.52 Å². The highest BCUT2D eigenvalue weighted by Gasteiger charge is 2.29. The van der Waals surface area contributed by atoms with Gasteiger partial charge >= 0.3 is 5.97 Å². The average Bonchev–Trinajstić information content (AvgIpc) is 2.82. The zero-order valence-electron chi connectivity index (χ0n) is 20.0. The van der Waals surface area contributed by atoms with Gasteiger partial charge in [0.25, 0.3) is 5.91 Å². The molecule has 0 saturated carbocycles. The summed E-state index contributed by atoms with van der Waals surface area (Å²) in [5, 5.41) is 10.1. The third kappa shape index (κ3) is 5.22. The third-order valence-corrected chi connectivity index (χ3v) is 6.54. The summed E-state index contributed by atoms with van der Waals surface area (Å²) in [5.74, 6) is 0.0674. The fourth-order valence-corrected chi connectivity index (χ4v) is 4.87. The SMILES string of the molecule is CC(C)c1ccccc1-c1ccnc2cc(O[C@H](C)C(=O)N3CCC[C@H](CC(=O)O)C3)ccc12. The fraction of sp³-hybridized carbons (Fsp3) is 0.393. The number of carbonyl (C=O) groups is 2. The second-order valence-electron chi connectivity index (χ2n) is 9.43. The zero-order chi connectivity index (χ0) is 24.2. The van der Waals surface area contributed by atoms with Crippen molar-refractivity contribution in [1.82, 2.24) is 9.88 Å². The standard InChI is InChI=1S/C28H32N2O4/c1-18(2)22-8-4-5-9-23(22)24-12-13-29-26-16-21(10-11-25(24)26)34-19(3)28(33)30-14-6-7-20(17-30)15-27(31)32/h4-5,8-13,16,18-20H,6-7,14-15,17H2,1-3H3,(H,31,32)/t19-,20-/m1/s1. The van der Waals surface area contributed by atoms with Crippen LogP contribution in [0, 0.1) is 5.92 Å². The molecule has 1 saturated heterocycles. The number of nitrogens with zero attached hydrogens (tertiary/aromatic N) is 2. The molecule has 2 atom stereocenters. The number of rotatable bonds is 7. The number of hydrogen-bond acceptors (Lipinski definition) is 4. The highest BCUT2D eigenvalue weighted by atomic mass is 16.5. The summed E-state index contributed by atoms with van der Waals surface area (Å²) in [6.07, 6.45) is 2.90. The van der Waals surface area contributed by atoms with Crippen molar-refractivity contribution >= 4 is 22.8 Å². The molecule has 0 radical (unpaired) electrons. The van der Waals surface area contributed by atoms with Gasteiger partial charge in [0.2, 0.25) is 0 Å². The number of hydrogen-bond donors (Lipinski definition) is 1. The molecule has 2 aromatic carbocycles. The summed E-state index contributed by atoms with van der Waals surface area (Å²) in [5.41, 5.74) is 4.43. The Bertz CT molecular complexity index is 1190. The normalized spacial score (nSPS) is 17.1. The molecule has 34 heavy (non-hydrogen) atoms. The van der Waals surface area contributed by atoms with Gasteiger partial charge in [-0.15, -0.1) is 0 Å². The number of benzene rings is 2. The first-order valence-corrected chi connectivity index (χ1v) is 12.0. The van der Waals surface area contributed by atoms with E-state index in [2.05, 4.69) is 43.1 Å². The highest BCUT2D eigenvalue weighted by Crippen LogP contribution is 2.34. The Hall–Kier alpha value is -3.41. The molecule has 0 unspecified atom stereocenters. The van der Waals surface area contributed by atoms with Gasteiger partial charge in [0.15, 0.2) is 6.10 Å². The molecule has 4 rings (SSSR count). The molecule has 1 fully saturated rings. The molecule has 0 spiro atoms. The molecule has 6 nitrogen and oxygen atoms in total. The van der Waals surface area contributed by atoms with Crippen molar-refractivity contribution in [1.29, 1.82) is 0 Å². The summed E-state index contributed by atoms with van der Waals surface area (Å²) in [4.78, 5) is 30.3. The molecule has 178 valence electrons. The molecular formula is C28H32N2O4. The van der Waals surface area contributed by atoms with E-state index in [4.69, 9.17) is 9.84 Å². The minimum absolute atomic E-state index is 0.000549. The maximum absolute atomic E-state index is 13.0. The largest absolute Gasteiger partial charge is 0.481 e. The lowest BCUT2D eigenvalue weighted by molar-refractivity contribution is -0.143. The van der Waals surface area contributed by atoms with E-state index in [1.807, 2.05) is 30.5 Å². The summed E-state index contributed by atoms with van der Waals surface area (Å²) in [7, 11) is 0. The van der Waals surface area contributed by atoms with Gasteiger partial charge in [-0.05, 0) is 66.5 Å². The summed E-state index contributed by atoms with van der Waals surface area (Å²) < 4.78 is 6.01. The lowest BCUT2D eigenvalue weighted by Crippen LogP contribution is -2.46. The maximum atomic E-state index is 13.0. The van der Waals surface area contributed by atoms with Crippen molar-refractivity contribution in [3.63, 3.8) is 0 Å².